The van der Waals surface area contributed by atoms with Crippen LogP contribution < -0.4 is 5.32 Å². The lowest BCUT2D eigenvalue weighted by Crippen LogP contribution is -2.01. The molecule has 0 bridgehead atoms. The second-order valence-corrected chi connectivity index (χ2v) is 6.51. The molecule has 0 unspecified atom stereocenters. The van der Waals surface area contributed by atoms with Crippen molar-refractivity contribution in [3.63, 3.8) is 0 Å². The SMILES string of the molecule is O=C(O)c1cc(NCc2ccc(Br)s2)ccc1Cl. The predicted octanol–water partition coefficient (Wildman–Crippen LogP) is 4.47. The van der Waals surface area contributed by atoms with E-state index in [0.717, 1.165) is 14.4 Å². The standard InChI is InChI=1S/C12H9BrClNO2S/c13-11-4-2-8(18-11)6-15-7-1-3-10(14)9(5-7)12(16)17/h1-5,15H,6H2,(H,16,17). The van der Waals surface area contributed by atoms with E-state index in [2.05, 4.69) is 21.2 Å². The van der Waals surface area contributed by atoms with E-state index in [-0.39, 0.29) is 10.6 Å². The highest BCUT2D eigenvalue weighted by Gasteiger charge is 2.09. The molecule has 0 aliphatic heterocycles. The lowest BCUT2D eigenvalue weighted by atomic mass is 10.2. The number of rotatable bonds is 4. The number of halogens is 2. The fourth-order valence-electron chi connectivity index (χ4n) is 1.44. The van der Waals surface area contributed by atoms with E-state index in [1.807, 2.05) is 12.1 Å². The maximum atomic E-state index is 10.9. The Morgan fingerprint density at radius 1 is 1.39 bits per heavy atom. The average molecular weight is 347 g/mol. The number of nitrogens with one attached hydrogen (secondary N) is 1. The van der Waals surface area contributed by atoms with E-state index in [1.54, 1.807) is 23.5 Å². The van der Waals surface area contributed by atoms with Crippen molar-refractivity contribution in [2.24, 2.45) is 0 Å². The topological polar surface area (TPSA) is 49.3 Å². The number of benzene rings is 1. The highest BCUT2D eigenvalue weighted by atomic mass is 79.9. The molecule has 2 aromatic rings. The molecule has 0 amide bonds. The van der Waals surface area contributed by atoms with Gasteiger partial charge in [0.05, 0.1) is 14.4 Å². The van der Waals surface area contributed by atoms with Gasteiger partial charge in [0.1, 0.15) is 0 Å². The molecule has 3 nitrogen and oxygen atoms in total. The normalized spacial score (nSPS) is 10.3. The van der Waals surface area contributed by atoms with Crippen LogP contribution in [0, 0.1) is 0 Å². The fourth-order valence-corrected chi connectivity index (χ4v) is 3.06. The Labute approximate surface area is 122 Å². The molecule has 94 valence electrons. The molecule has 0 radical (unpaired) electrons. The highest BCUT2D eigenvalue weighted by molar-refractivity contribution is 9.11. The van der Waals surface area contributed by atoms with Crippen LogP contribution in [0.5, 0.6) is 0 Å². The van der Waals surface area contributed by atoms with E-state index < -0.39 is 5.97 Å². The largest absolute Gasteiger partial charge is 0.478 e. The van der Waals surface area contributed by atoms with Crippen LogP contribution in [0.25, 0.3) is 0 Å². The van der Waals surface area contributed by atoms with Gasteiger partial charge in [0, 0.05) is 17.1 Å². The van der Waals surface area contributed by atoms with Gasteiger partial charge >= 0.3 is 5.97 Å². The molecule has 0 spiro atoms. The van der Waals surface area contributed by atoms with Crippen LogP contribution >= 0.6 is 38.9 Å². The number of hydrogen-bond donors (Lipinski definition) is 2. The molecular formula is C12H9BrClNO2S. The Balaban J connectivity index is 2.10. The first-order valence-corrected chi connectivity index (χ1v) is 7.06. The number of anilines is 1. The van der Waals surface area contributed by atoms with Crippen LogP contribution in [-0.2, 0) is 6.54 Å². The van der Waals surface area contributed by atoms with Crippen molar-refractivity contribution in [3.05, 3.63) is 49.6 Å². The smallest absolute Gasteiger partial charge is 0.337 e. The van der Waals surface area contributed by atoms with Crippen molar-refractivity contribution in [1.29, 1.82) is 0 Å². The summed E-state index contributed by atoms with van der Waals surface area (Å²) in [5.74, 6) is -1.03. The number of thiophene rings is 1. The Morgan fingerprint density at radius 3 is 2.78 bits per heavy atom. The summed E-state index contributed by atoms with van der Waals surface area (Å²) in [5.41, 5.74) is 0.843. The summed E-state index contributed by atoms with van der Waals surface area (Å²) >= 11 is 10.8. The predicted molar refractivity (Wildman–Crippen MR) is 77.8 cm³/mol. The van der Waals surface area contributed by atoms with Gasteiger partial charge < -0.3 is 10.4 Å². The van der Waals surface area contributed by atoms with Gasteiger partial charge in [-0.2, -0.15) is 0 Å². The first kappa shape index (κ1) is 13.4. The minimum atomic E-state index is -1.03. The lowest BCUT2D eigenvalue weighted by Gasteiger charge is -2.06. The molecule has 0 aliphatic carbocycles. The van der Waals surface area contributed by atoms with Crippen LogP contribution in [0.2, 0.25) is 5.02 Å². The molecule has 0 atom stereocenters. The molecule has 1 aromatic heterocycles. The Morgan fingerprint density at radius 2 is 2.17 bits per heavy atom. The molecule has 6 heteroatoms. The third kappa shape index (κ3) is 3.25. The van der Waals surface area contributed by atoms with Gasteiger partial charge in [-0.3, -0.25) is 0 Å². The maximum Gasteiger partial charge on any atom is 0.337 e. The van der Waals surface area contributed by atoms with Crippen molar-refractivity contribution in [1.82, 2.24) is 0 Å². The van der Waals surface area contributed by atoms with Gasteiger partial charge in [0.2, 0.25) is 0 Å². The zero-order valence-corrected chi connectivity index (χ0v) is 12.3. The molecule has 18 heavy (non-hydrogen) atoms. The van der Waals surface area contributed by atoms with Crippen LogP contribution in [0.3, 0.4) is 0 Å². The summed E-state index contributed by atoms with van der Waals surface area (Å²) in [6, 6.07) is 8.87. The van der Waals surface area contributed by atoms with Crippen LogP contribution in [0.1, 0.15) is 15.2 Å². The molecule has 0 fully saturated rings. The van der Waals surface area contributed by atoms with Gasteiger partial charge in [-0.05, 0) is 46.3 Å². The first-order chi connectivity index (χ1) is 8.56. The highest BCUT2D eigenvalue weighted by Crippen LogP contribution is 2.24. The minimum Gasteiger partial charge on any atom is -0.478 e. The van der Waals surface area contributed by atoms with Gasteiger partial charge in [0.15, 0.2) is 0 Å². The second kappa shape index (κ2) is 5.73. The Bertz CT molecular complexity index is 585. The van der Waals surface area contributed by atoms with E-state index >= 15 is 0 Å². The van der Waals surface area contributed by atoms with Gasteiger partial charge in [0.25, 0.3) is 0 Å². The van der Waals surface area contributed by atoms with Crippen molar-refractivity contribution in [2.45, 2.75) is 6.54 Å². The fraction of sp³-hybridized carbons (Fsp3) is 0.0833. The zero-order chi connectivity index (χ0) is 13.1. The van der Waals surface area contributed by atoms with Crippen molar-refractivity contribution in [2.75, 3.05) is 5.32 Å². The summed E-state index contributed by atoms with van der Waals surface area (Å²) < 4.78 is 1.07. The van der Waals surface area contributed by atoms with Gasteiger partial charge in [-0.15, -0.1) is 11.3 Å². The average Bonchev–Trinajstić information content (AvgIpc) is 2.74. The number of carboxylic acid groups (broad SMARTS) is 1. The van der Waals surface area contributed by atoms with Crippen LogP contribution in [0.15, 0.2) is 34.1 Å². The Hall–Kier alpha value is -1.04. The van der Waals surface area contributed by atoms with Gasteiger partial charge in [-0.25, -0.2) is 4.79 Å². The van der Waals surface area contributed by atoms with Gasteiger partial charge in [-0.1, -0.05) is 11.6 Å². The summed E-state index contributed by atoms with van der Waals surface area (Å²) in [5, 5.41) is 12.4. The zero-order valence-electron chi connectivity index (χ0n) is 9.11. The second-order valence-electron chi connectivity index (χ2n) is 3.56. The third-order valence-corrected chi connectivity index (χ3v) is 4.25. The van der Waals surface area contributed by atoms with E-state index in [9.17, 15) is 4.79 Å². The number of carboxylic acids is 1. The lowest BCUT2D eigenvalue weighted by molar-refractivity contribution is 0.0697. The summed E-state index contributed by atoms with van der Waals surface area (Å²) in [6.07, 6.45) is 0. The van der Waals surface area contributed by atoms with Crippen molar-refractivity contribution < 1.29 is 9.90 Å². The van der Waals surface area contributed by atoms with Crippen molar-refractivity contribution >= 4 is 50.5 Å². The quantitative estimate of drug-likeness (QED) is 0.858. The van der Waals surface area contributed by atoms with E-state index in [1.165, 1.54) is 6.07 Å². The third-order valence-electron chi connectivity index (χ3n) is 2.29. The van der Waals surface area contributed by atoms with E-state index in [0.29, 0.717) is 6.54 Å². The number of carbonyl (C=O) groups is 1. The van der Waals surface area contributed by atoms with Crippen LogP contribution in [-0.4, -0.2) is 11.1 Å². The van der Waals surface area contributed by atoms with Crippen LogP contribution in [0.4, 0.5) is 5.69 Å². The summed E-state index contributed by atoms with van der Waals surface area (Å²) in [4.78, 5) is 12.1. The summed E-state index contributed by atoms with van der Waals surface area (Å²) in [7, 11) is 0. The molecular weight excluding hydrogens is 338 g/mol. The number of aromatic carboxylic acids is 1. The molecule has 1 heterocycles. The van der Waals surface area contributed by atoms with Crippen molar-refractivity contribution in [3.8, 4) is 0 Å². The number of hydrogen-bond acceptors (Lipinski definition) is 3. The summed E-state index contributed by atoms with van der Waals surface area (Å²) in [6.45, 7) is 0.650. The molecule has 1 aromatic carbocycles. The minimum absolute atomic E-state index is 0.106. The molecule has 0 aliphatic rings. The molecule has 0 saturated heterocycles. The monoisotopic (exact) mass is 345 g/mol. The van der Waals surface area contributed by atoms with E-state index in [4.69, 9.17) is 16.7 Å². The maximum absolute atomic E-state index is 10.9. The first-order valence-electron chi connectivity index (χ1n) is 5.07. The Kier molecular flexibility index (Phi) is 4.27. The molecule has 2 rings (SSSR count). The molecule has 2 N–H and O–H groups in total. The molecule has 0 saturated carbocycles.